The van der Waals surface area contributed by atoms with Crippen molar-refractivity contribution in [2.45, 2.75) is 78.6 Å². The molecule has 1 atom stereocenters. The molecule has 182 valence electrons. The standard InChI is InChI=1S/C27H40NO4P/c1-10-28-23-19-21(25(4,5)6)18-22(26(7,8)9)24(23)32-27(28,20-16-14-13-15-17-20)33(29,30-11-2)31-12-3/h13-19H,10-12H2,1-9H3. The Morgan fingerprint density at radius 2 is 1.48 bits per heavy atom. The maximum atomic E-state index is 14.6. The van der Waals surface area contributed by atoms with Crippen molar-refractivity contribution in [3.05, 3.63) is 59.2 Å². The molecule has 0 saturated carbocycles. The average Bonchev–Trinajstić information content (AvgIpc) is 3.08. The number of ether oxygens (including phenoxy) is 1. The molecule has 1 aliphatic rings. The number of hydrogen-bond acceptors (Lipinski definition) is 5. The highest BCUT2D eigenvalue weighted by Gasteiger charge is 2.63. The topological polar surface area (TPSA) is 48.0 Å². The van der Waals surface area contributed by atoms with Crippen molar-refractivity contribution in [2.75, 3.05) is 24.7 Å². The van der Waals surface area contributed by atoms with E-state index in [-0.39, 0.29) is 24.0 Å². The van der Waals surface area contributed by atoms with Crippen LogP contribution in [0.3, 0.4) is 0 Å². The molecule has 0 amide bonds. The molecule has 2 aromatic rings. The average molecular weight is 474 g/mol. The van der Waals surface area contributed by atoms with E-state index < -0.39 is 13.1 Å². The van der Waals surface area contributed by atoms with Gasteiger partial charge >= 0.3 is 13.1 Å². The number of rotatable bonds is 7. The van der Waals surface area contributed by atoms with E-state index in [1.54, 1.807) is 0 Å². The molecular formula is C27H40NO4P. The van der Waals surface area contributed by atoms with Gasteiger partial charge in [-0.2, -0.15) is 0 Å². The zero-order valence-corrected chi connectivity index (χ0v) is 22.6. The second-order valence-corrected chi connectivity index (χ2v) is 12.6. The van der Waals surface area contributed by atoms with E-state index in [0.717, 1.165) is 22.6 Å². The minimum absolute atomic E-state index is 0.0596. The molecule has 0 spiro atoms. The van der Waals surface area contributed by atoms with Crippen LogP contribution >= 0.6 is 7.60 Å². The molecule has 0 aromatic heterocycles. The Balaban J connectivity index is 2.42. The van der Waals surface area contributed by atoms with Gasteiger partial charge < -0.3 is 18.7 Å². The summed E-state index contributed by atoms with van der Waals surface area (Å²) in [4.78, 5) is 2.08. The SMILES string of the molecule is CCOP(=O)(OCC)C1(c2ccccc2)Oc2c(cc(C(C)(C)C)cc2C(C)(C)C)N1CC. The van der Waals surface area contributed by atoms with Crippen molar-refractivity contribution < 1.29 is 18.3 Å². The van der Waals surface area contributed by atoms with Gasteiger partial charge in [0.2, 0.25) is 0 Å². The van der Waals surface area contributed by atoms with Gasteiger partial charge in [0.05, 0.1) is 18.9 Å². The smallest absolute Gasteiger partial charge is 0.400 e. The summed E-state index contributed by atoms with van der Waals surface area (Å²) in [6, 6.07) is 14.1. The van der Waals surface area contributed by atoms with Gasteiger partial charge in [-0.15, -0.1) is 0 Å². The van der Waals surface area contributed by atoms with Crippen LogP contribution in [-0.4, -0.2) is 19.8 Å². The predicted molar refractivity (Wildman–Crippen MR) is 136 cm³/mol. The molecule has 0 aliphatic carbocycles. The molecule has 5 nitrogen and oxygen atoms in total. The van der Waals surface area contributed by atoms with Gasteiger partial charge in [-0.1, -0.05) is 77.9 Å². The molecule has 0 fully saturated rings. The van der Waals surface area contributed by atoms with Gasteiger partial charge in [-0.3, -0.25) is 4.57 Å². The molecule has 0 bridgehead atoms. The Labute approximate surface area is 200 Å². The summed E-state index contributed by atoms with van der Waals surface area (Å²) >= 11 is 0. The van der Waals surface area contributed by atoms with Crippen LogP contribution < -0.4 is 9.64 Å². The Bertz CT molecular complexity index is 1010. The van der Waals surface area contributed by atoms with E-state index in [1.165, 1.54) is 5.56 Å². The second-order valence-electron chi connectivity index (χ2n) is 10.5. The monoisotopic (exact) mass is 473 g/mol. The van der Waals surface area contributed by atoms with Crippen molar-refractivity contribution >= 4 is 13.3 Å². The predicted octanol–water partition coefficient (Wildman–Crippen LogP) is 7.58. The normalized spacial score (nSPS) is 18.9. The number of anilines is 1. The molecule has 33 heavy (non-hydrogen) atoms. The molecule has 1 heterocycles. The Hall–Kier alpha value is -1.81. The highest BCUT2D eigenvalue weighted by molar-refractivity contribution is 7.55. The lowest BCUT2D eigenvalue weighted by Gasteiger charge is -2.41. The Morgan fingerprint density at radius 3 is 1.94 bits per heavy atom. The van der Waals surface area contributed by atoms with Crippen LogP contribution in [0.15, 0.2) is 42.5 Å². The lowest BCUT2D eigenvalue weighted by atomic mass is 9.79. The fourth-order valence-corrected chi connectivity index (χ4v) is 6.76. The van der Waals surface area contributed by atoms with E-state index in [2.05, 4.69) is 65.5 Å². The fraction of sp³-hybridized carbons (Fsp3) is 0.556. The zero-order valence-electron chi connectivity index (χ0n) is 21.7. The molecule has 3 rings (SSSR count). The van der Waals surface area contributed by atoms with Crippen LogP contribution in [0.25, 0.3) is 0 Å². The van der Waals surface area contributed by atoms with E-state index in [1.807, 2.05) is 44.2 Å². The molecule has 0 radical (unpaired) electrons. The quantitative estimate of drug-likeness (QED) is 0.388. The van der Waals surface area contributed by atoms with Gasteiger partial charge in [0.25, 0.3) is 0 Å². The first kappa shape index (κ1) is 25.8. The number of benzene rings is 2. The molecule has 1 aliphatic heterocycles. The van der Waals surface area contributed by atoms with Gasteiger partial charge in [-0.05, 0) is 43.2 Å². The first-order valence-corrected chi connectivity index (χ1v) is 13.5. The third-order valence-corrected chi connectivity index (χ3v) is 8.61. The van der Waals surface area contributed by atoms with Gasteiger partial charge in [-0.25, -0.2) is 0 Å². The molecule has 0 saturated heterocycles. The summed E-state index contributed by atoms with van der Waals surface area (Å²) in [5, 5.41) is 0. The largest absolute Gasteiger partial charge is 0.450 e. The van der Waals surface area contributed by atoms with Gasteiger partial charge in [0.15, 0.2) is 5.75 Å². The summed E-state index contributed by atoms with van der Waals surface area (Å²) in [7, 11) is -3.80. The molecule has 1 unspecified atom stereocenters. The van der Waals surface area contributed by atoms with Crippen LogP contribution in [0, 0.1) is 0 Å². The second kappa shape index (κ2) is 9.09. The molecular weight excluding hydrogens is 433 g/mol. The van der Waals surface area contributed by atoms with E-state index >= 15 is 0 Å². The van der Waals surface area contributed by atoms with E-state index in [0.29, 0.717) is 6.54 Å². The highest BCUT2D eigenvalue weighted by Crippen LogP contribution is 2.71. The summed E-state index contributed by atoms with van der Waals surface area (Å²) in [5.74, 6) is 0.751. The van der Waals surface area contributed by atoms with Crippen LogP contribution in [0.1, 0.15) is 79.0 Å². The number of hydrogen-bond donors (Lipinski definition) is 0. The lowest BCUT2D eigenvalue weighted by Crippen LogP contribution is -2.47. The lowest BCUT2D eigenvalue weighted by molar-refractivity contribution is 0.0987. The zero-order chi connectivity index (χ0) is 24.7. The number of nitrogens with zero attached hydrogens (tertiary/aromatic N) is 1. The van der Waals surface area contributed by atoms with Gasteiger partial charge in [0.1, 0.15) is 0 Å². The first-order valence-electron chi connectivity index (χ1n) is 12.0. The molecule has 2 aromatic carbocycles. The highest BCUT2D eigenvalue weighted by atomic mass is 31.2. The van der Waals surface area contributed by atoms with Gasteiger partial charge in [0, 0.05) is 17.7 Å². The van der Waals surface area contributed by atoms with Crippen molar-refractivity contribution in [1.29, 1.82) is 0 Å². The Morgan fingerprint density at radius 1 is 0.909 bits per heavy atom. The van der Waals surface area contributed by atoms with Crippen molar-refractivity contribution in [3.8, 4) is 5.75 Å². The summed E-state index contributed by atoms with van der Waals surface area (Å²) in [6.07, 6.45) is 0. The maximum Gasteiger partial charge on any atom is 0.400 e. The van der Waals surface area contributed by atoms with Crippen molar-refractivity contribution in [3.63, 3.8) is 0 Å². The third kappa shape index (κ3) is 4.36. The Kier molecular flexibility index (Phi) is 7.11. The van der Waals surface area contributed by atoms with Crippen molar-refractivity contribution in [1.82, 2.24) is 0 Å². The summed E-state index contributed by atoms with van der Waals surface area (Å²) in [5.41, 5.74) is 2.33. The number of fused-ring (bicyclic) bond motifs is 1. The maximum absolute atomic E-state index is 14.6. The fourth-order valence-electron chi connectivity index (χ4n) is 4.44. The minimum Gasteiger partial charge on any atom is -0.450 e. The first-order chi connectivity index (χ1) is 15.4. The van der Waals surface area contributed by atoms with Crippen LogP contribution in [0.2, 0.25) is 0 Å². The summed E-state index contributed by atoms with van der Waals surface area (Å²) < 4.78 is 33.4. The van der Waals surface area contributed by atoms with Crippen LogP contribution in [0.4, 0.5) is 5.69 Å². The van der Waals surface area contributed by atoms with Crippen molar-refractivity contribution in [2.24, 2.45) is 0 Å². The van der Waals surface area contributed by atoms with Crippen LogP contribution in [0.5, 0.6) is 5.75 Å². The third-order valence-electron chi connectivity index (χ3n) is 6.08. The summed E-state index contributed by atoms with van der Waals surface area (Å²) in [6.45, 7) is 20.0. The van der Waals surface area contributed by atoms with Crippen LogP contribution in [-0.2, 0) is 29.9 Å². The molecule has 0 N–H and O–H groups in total. The molecule has 6 heteroatoms. The van der Waals surface area contributed by atoms with E-state index in [9.17, 15) is 4.57 Å². The minimum atomic E-state index is -3.80. The van der Waals surface area contributed by atoms with E-state index in [4.69, 9.17) is 13.8 Å².